The van der Waals surface area contributed by atoms with Gasteiger partial charge in [0.25, 0.3) is 0 Å². The molecule has 0 bridgehead atoms. The largest absolute Gasteiger partial charge is 0.421 e. The van der Waals surface area contributed by atoms with Crippen molar-refractivity contribution in [2.75, 3.05) is 50.0 Å². The Morgan fingerprint density at radius 2 is 1.85 bits per heavy atom. The molecule has 3 aliphatic rings. The van der Waals surface area contributed by atoms with E-state index in [1.165, 1.54) is 11.1 Å². The van der Waals surface area contributed by atoms with E-state index in [4.69, 9.17) is 4.74 Å². The van der Waals surface area contributed by atoms with Crippen molar-refractivity contribution >= 4 is 23.5 Å². The zero-order valence-electron chi connectivity index (χ0n) is 20.2. The van der Waals surface area contributed by atoms with Crippen molar-refractivity contribution in [3.8, 4) is 11.8 Å². The summed E-state index contributed by atoms with van der Waals surface area (Å²) < 4.78 is 20.8. The maximum absolute atomic E-state index is 14.8. The van der Waals surface area contributed by atoms with Crippen molar-refractivity contribution in [3.05, 3.63) is 52.4 Å². The van der Waals surface area contributed by atoms with Crippen molar-refractivity contribution in [3.63, 3.8) is 0 Å². The highest BCUT2D eigenvalue weighted by atomic mass is 19.1. The van der Waals surface area contributed by atoms with E-state index in [0.717, 1.165) is 55.4 Å². The SMILES string of the molecule is CC1=Cc2cc(Oc3nc(NC4=NCC(C(C)C)=C4)cc(N4CCN(C)CC4)n3)c(F)cc2C1. The Morgan fingerprint density at radius 3 is 2.59 bits per heavy atom. The number of aromatic nitrogens is 2. The van der Waals surface area contributed by atoms with Crippen LogP contribution in [0.5, 0.6) is 11.8 Å². The first-order valence-corrected chi connectivity index (χ1v) is 11.9. The summed E-state index contributed by atoms with van der Waals surface area (Å²) in [5.41, 5.74) is 4.44. The van der Waals surface area contributed by atoms with Crippen LogP contribution in [0.4, 0.5) is 16.0 Å². The second-order valence-electron chi connectivity index (χ2n) is 9.64. The van der Waals surface area contributed by atoms with E-state index in [1.807, 2.05) is 13.0 Å². The molecule has 2 aromatic rings. The molecule has 1 N–H and O–H groups in total. The van der Waals surface area contributed by atoms with Crippen LogP contribution in [0.15, 0.2) is 40.4 Å². The first kappa shape index (κ1) is 22.5. The van der Waals surface area contributed by atoms with E-state index in [2.05, 4.69) is 63.1 Å². The number of hydrogen-bond donors (Lipinski definition) is 1. The number of fused-ring (bicyclic) bond motifs is 1. The minimum absolute atomic E-state index is 0.114. The number of halogens is 1. The van der Waals surface area contributed by atoms with Gasteiger partial charge >= 0.3 is 6.01 Å². The summed E-state index contributed by atoms with van der Waals surface area (Å²) in [6.45, 7) is 10.6. The second-order valence-corrected chi connectivity index (χ2v) is 9.64. The molecule has 178 valence electrons. The Hall–Kier alpha value is -3.26. The van der Waals surface area contributed by atoms with Gasteiger partial charge in [-0.25, -0.2) is 4.39 Å². The highest BCUT2D eigenvalue weighted by Crippen LogP contribution is 2.33. The van der Waals surface area contributed by atoms with Gasteiger partial charge in [0.15, 0.2) is 11.6 Å². The summed E-state index contributed by atoms with van der Waals surface area (Å²) in [5, 5.41) is 3.30. The van der Waals surface area contributed by atoms with Crippen molar-refractivity contribution in [1.29, 1.82) is 0 Å². The van der Waals surface area contributed by atoms with Crippen molar-refractivity contribution < 1.29 is 9.13 Å². The van der Waals surface area contributed by atoms with Gasteiger partial charge < -0.3 is 19.9 Å². The Balaban J connectivity index is 1.45. The molecule has 0 unspecified atom stereocenters. The Kier molecular flexibility index (Phi) is 6.08. The fraction of sp³-hybridized carbons (Fsp3) is 0.423. The topological polar surface area (TPSA) is 65.9 Å². The number of anilines is 2. The highest BCUT2D eigenvalue weighted by Gasteiger charge is 2.21. The number of nitrogens with one attached hydrogen (secondary N) is 1. The number of amidine groups is 1. The molecule has 5 rings (SSSR count). The summed E-state index contributed by atoms with van der Waals surface area (Å²) in [6.07, 6.45) is 4.90. The van der Waals surface area contributed by atoms with Crippen LogP contribution in [0.1, 0.15) is 31.9 Å². The van der Waals surface area contributed by atoms with Crippen LogP contribution >= 0.6 is 0 Å². The lowest BCUT2D eigenvalue weighted by Crippen LogP contribution is -2.44. The molecular formula is C26H31FN6O. The highest BCUT2D eigenvalue weighted by molar-refractivity contribution is 6.05. The minimum Gasteiger partial charge on any atom is -0.421 e. The molecule has 0 atom stereocenters. The van der Waals surface area contributed by atoms with Crippen molar-refractivity contribution in [1.82, 2.24) is 14.9 Å². The number of allylic oxidation sites excluding steroid dienone is 1. The molecule has 7 nitrogen and oxygen atoms in total. The van der Waals surface area contributed by atoms with Crippen LogP contribution in [0.2, 0.25) is 0 Å². The first-order chi connectivity index (χ1) is 16.3. The van der Waals surface area contributed by atoms with E-state index in [-0.39, 0.29) is 11.8 Å². The summed E-state index contributed by atoms with van der Waals surface area (Å²) in [4.78, 5) is 18.3. The molecule has 1 aliphatic carbocycles. The van der Waals surface area contributed by atoms with Gasteiger partial charge in [0.05, 0.1) is 6.54 Å². The number of ether oxygens (including phenoxy) is 1. The quantitative estimate of drug-likeness (QED) is 0.705. The van der Waals surface area contributed by atoms with Crippen molar-refractivity contribution in [2.24, 2.45) is 10.9 Å². The Bertz CT molecular complexity index is 1190. The number of aliphatic imine (C=N–C) groups is 1. The summed E-state index contributed by atoms with van der Waals surface area (Å²) in [7, 11) is 2.11. The van der Waals surface area contributed by atoms with E-state index < -0.39 is 5.82 Å². The maximum Gasteiger partial charge on any atom is 0.326 e. The molecule has 8 heteroatoms. The Morgan fingerprint density at radius 1 is 1.06 bits per heavy atom. The number of hydrogen-bond acceptors (Lipinski definition) is 7. The van der Waals surface area contributed by atoms with Gasteiger partial charge in [0.1, 0.15) is 17.5 Å². The zero-order valence-corrected chi connectivity index (χ0v) is 20.2. The van der Waals surface area contributed by atoms with Crippen LogP contribution in [-0.2, 0) is 6.42 Å². The number of likely N-dealkylation sites (N-methyl/N-ethyl adjacent to an activating group) is 1. The predicted octanol–water partition coefficient (Wildman–Crippen LogP) is 4.53. The number of rotatable bonds is 5. The lowest BCUT2D eigenvalue weighted by Gasteiger charge is -2.33. The standard InChI is InChI=1S/C26H31FN6O/c1-16(2)20-13-23(28-15-20)29-24-14-25(33-7-5-32(4)6-8-33)31-26(30-24)34-22-12-19-10-17(3)9-18(19)11-21(22)27/h10-14,16H,5-9,15H2,1-4H3,(H,28,29,30,31). The summed E-state index contributed by atoms with van der Waals surface area (Å²) in [5.74, 6) is 2.26. The Labute approximate surface area is 200 Å². The molecule has 0 spiro atoms. The predicted molar refractivity (Wildman–Crippen MR) is 134 cm³/mol. The fourth-order valence-electron chi connectivity index (χ4n) is 4.41. The molecule has 1 saturated heterocycles. The maximum atomic E-state index is 14.8. The monoisotopic (exact) mass is 462 g/mol. The molecule has 3 heterocycles. The minimum atomic E-state index is -0.408. The van der Waals surface area contributed by atoms with E-state index in [0.29, 0.717) is 18.3 Å². The molecule has 34 heavy (non-hydrogen) atoms. The summed E-state index contributed by atoms with van der Waals surface area (Å²) >= 11 is 0. The van der Waals surface area contributed by atoms with Crippen molar-refractivity contribution in [2.45, 2.75) is 27.2 Å². The molecular weight excluding hydrogens is 431 g/mol. The van der Waals surface area contributed by atoms with Gasteiger partial charge in [-0.3, -0.25) is 4.99 Å². The van der Waals surface area contributed by atoms with Gasteiger partial charge in [-0.1, -0.05) is 25.5 Å². The van der Waals surface area contributed by atoms with Gasteiger partial charge in [-0.05, 0) is 61.2 Å². The molecule has 1 aromatic heterocycles. The van der Waals surface area contributed by atoms with Crippen LogP contribution in [-0.4, -0.2) is 60.5 Å². The lowest BCUT2D eigenvalue weighted by molar-refractivity contribution is 0.311. The smallest absolute Gasteiger partial charge is 0.326 e. The third kappa shape index (κ3) is 4.82. The average molecular weight is 463 g/mol. The molecule has 1 fully saturated rings. The van der Waals surface area contributed by atoms with Crippen LogP contribution in [0.3, 0.4) is 0 Å². The molecule has 0 saturated carbocycles. The summed E-state index contributed by atoms with van der Waals surface area (Å²) in [6, 6.07) is 5.31. The van der Waals surface area contributed by atoms with Gasteiger partial charge in [-0.2, -0.15) is 9.97 Å². The third-order valence-corrected chi connectivity index (χ3v) is 6.54. The fourth-order valence-corrected chi connectivity index (χ4v) is 4.41. The zero-order chi connectivity index (χ0) is 23.8. The average Bonchev–Trinajstić information content (AvgIpc) is 3.40. The molecule has 1 aromatic carbocycles. The number of piperazine rings is 1. The number of benzene rings is 1. The van der Waals surface area contributed by atoms with Gasteiger partial charge in [0.2, 0.25) is 0 Å². The molecule has 0 radical (unpaired) electrons. The van der Waals surface area contributed by atoms with Gasteiger partial charge in [-0.15, -0.1) is 0 Å². The normalized spacial score (nSPS) is 18.1. The van der Waals surface area contributed by atoms with Crippen LogP contribution in [0, 0.1) is 11.7 Å². The van der Waals surface area contributed by atoms with E-state index in [9.17, 15) is 4.39 Å². The van der Waals surface area contributed by atoms with Gasteiger partial charge in [0, 0.05) is 32.2 Å². The van der Waals surface area contributed by atoms with Crippen LogP contribution in [0.25, 0.3) is 6.08 Å². The second kappa shape index (κ2) is 9.18. The third-order valence-electron chi connectivity index (χ3n) is 6.54. The lowest BCUT2D eigenvalue weighted by atomic mass is 10.0. The molecule has 0 amide bonds. The van der Waals surface area contributed by atoms with Crippen LogP contribution < -0.4 is 15.0 Å². The van der Waals surface area contributed by atoms with E-state index >= 15 is 0 Å². The molecule has 2 aliphatic heterocycles. The first-order valence-electron chi connectivity index (χ1n) is 11.9. The number of nitrogens with zero attached hydrogens (tertiary/aromatic N) is 5. The van der Waals surface area contributed by atoms with E-state index in [1.54, 1.807) is 12.1 Å².